The highest BCUT2D eigenvalue weighted by molar-refractivity contribution is 6.34. The van der Waals surface area contributed by atoms with Gasteiger partial charge in [0.15, 0.2) is 0 Å². The van der Waals surface area contributed by atoms with E-state index in [9.17, 15) is 4.79 Å². The van der Waals surface area contributed by atoms with Crippen molar-refractivity contribution in [2.75, 3.05) is 11.9 Å². The van der Waals surface area contributed by atoms with Crippen LogP contribution in [0.3, 0.4) is 0 Å². The molecular weight excluding hydrogens is 204 g/mol. The summed E-state index contributed by atoms with van der Waals surface area (Å²) < 4.78 is 5.32. The molecule has 1 amide bonds. The number of hydrogen-bond donors (Lipinski definition) is 2. The van der Waals surface area contributed by atoms with Crippen LogP contribution < -0.4 is 15.8 Å². The van der Waals surface area contributed by atoms with Gasteiger partial charge in [-0.2, -0.15) is 0 Å². The Balaban J connectivity index is 2.43. The predicted octanol–water partition coefficient (Wildman–Crippen LogP) is 0.998. The number of nitrogens with two attached hydrogens (primary N) is 1. The molecule has 0 aromatic heterocycles. The lowest BCUT2D eigenvalue weighted by molar-refractivity contribution is -0.117. The summed E-state index contributed by atoms with van der Waals surface area (Å²) in [5, 5.41) is 3.07. The van der Waals surface area contributed by atoms with Gasteiger partial charge in [0.2, 0.25) is 5.91 Å². The van der Waals surface area contributed by atoms with Gasteiger partial charge in [-0.25, -0.2) is 0 Å². The maximum Gasteiger partial charge on any atom is 0.244 e. The lowest BCUT2D eigenvalue weighted by Crippen LogP contribution is -2.38. The molecule has 14 heavy (non-hydrogen) atoms. The first-order valence-corrected chi connectivity index (χ1v) is 4.54. The van der Waals surface area contributed by atoms with Crippen molar-refractivity contribution >= 4 is 23.2 Å². The molecule has 0 radical (unpaired) electrons. The SMILES string of the molecule is NC1COc2cccc(Cl)c2NC1=O. The average Bonchev–Trinajstić information content (AvgIpc) is 2.30. The van der Waals surface area contributed by atoms with Gasteiger partial charge in [-0.15, -0.1) is 0 Å². The number of halogens is 1. The second-order valence-corrected chi connectivity index (χ2v) is 3.43. The smallest absolute Gasteiger partial charge is 0.244 e. The second kappa shape index (κ2) is 3.48. The zero-order valence-corrected chi connectivity index (χ0v) is 8.04. The summed E-state index contributed by atoms with van der Waals surface area (Å²) in [6.07, 6.45) is 0. The van der Waals surface area contributed by atoms with E-state index in [1.807, 2.05) is 0 Å². The molecule has 1 aliphatic rings. The lowest BCUT2D eigenvalue weighted by atomic mass is 10.3. The normalized spacial score (nSPS) is 20.4. The first-order valence-electron chi connectivity index (χ1n) is 4.16. The fraction of sp³-hybridized carbons (Fsp3) is 0.222. The van der Waals surface area contributed by atoms with Crippen LogP contribution in [0.5, 0.6) is 5.75 Å². The van der Waals surface area contributed by atoms with E-state index in [2.05, 4.69) is 5.32 Å². The average molecular weight is 213 g/mol. The van der Waals surface area contributed by atoms with E-state index in [-0.39, 0.29) is 12.5 Å². The number of anilines is 1. The molecule has 1 aliphatic heterocycles. The molecule has 0 saturated carbocycles. The third-order valence-electron chi connectivity index (χ3n) is 1.98. The van der Waals surface area contributed by atoms with Crippen molar-refractivity contribution in [1.82, 2.24) is 0 Å². The van der Waals surface area contributed by atoms with Crippen molar-refractivity contribution in [3.63, 3.8) is 0 Å². The summed E-state index contributed by atoms with van der Waals surface area (Å²) in [7, 11) is 0. The number of rotatable bonds is 0. The molecule has 0 aliphatic carbocycles. The van der Waals surface area contributed by atoms with E-state index in [4.69, 9.17) is 22.1 Å². The number of hydrogen-bond acceptors (Lipinski definition) is 3. The van der Waals surface area contributed by atoms with E-state index in [0.29, 0.717) is 16.5 Å². The lowest BCUT2D eigenvalue weighted by Gasteiger charge is -2.07. The molecule has 1 heterocycles. The van der Waals surface area contributed by atoms with Crippen LogP contribution >= 0.6 is 11.6 Å². The zero-order chi connectivity index (χ0) is 10.1. The van der Waals surface area contributed by atoms with Crippen LogP contribution in [0, 0.1) is 0 Å². The van der Waals surface area contributed by atoms with E-state index >= 15 is 0 Å². The Kier molecular flexibility index (Phi) is 2.31. The predicted molar refractivity (Wildman–Crippen MR) is 53.6 cm³/mol. The Bertz CT molecular complexity index is 381. The summed E-state index contributed by atoms with van der Waals surface area (Å²) in [4.78, 5) is 11.4. The third-order valence-corrected chi connectivity index (χ3v) is 2.29. The molecule has 1 atom stereocenters. The highest BCUT2D eigenvalue weighted by Gasteiger charge is 2.22. The first kappa shape index (κ1) is 9.30. The molecule has 0 spiro atoms. The molecule has 1 unspecified atom stereocenters. The summed E-state index contributed by atoms with van der Waals surface area (Å²) in [5.41, 5.74) is 6.02. The second-order valence-electron chi connectivity index (χ2n) is 3.02. The minimum absolute atomic E-state index is 0.166. The van der Waals surface area contributed by atoms with Gasteiger partial charge < -0.3 is 15.8 Å². The Labute approximate surface area is 86.0 Å². The molecule has 4 nitrogen and oxygen atoms in total. The number of amides is 1. The minimum Gasteiger partial charge on any atom is -0.489 e. The summed E-state index contributed by atoms with van der Waals surface area (Å²) >= 11 is 5.89. The Morgan fingerprint density at radius 1 is 1.57 bits per heavy atom. The number of carbonyl (C=O) groups excluding carboxylic acids is 1. The van der Waals surface area contributed by atoms with Gasteiger partial charge in [0.1, 0.15) is 24.1 Å². The summed E-state index contributed by atoms with van der Waals surface area (Å²) in [5.74, 6) is 0.274. The van der Waals surface area contributed by atoms with E-state index in [1.54, 1.807) is 18.2 Å². The van der Waals surface area contributed by atoms with E-state index in [1.165, 1.54) is 0 Å². The van der Waals surface area contributed by atoms with Crippen molar-refractivity contribution in [3.8, 4) is 5.75 Å². The van der Waals surface area contributed by atoms with Crippen molar-refractivity contribution < 1.29 is 9.53 Å². The van der Waals surface area contributed by atoms with Crippen molar-refractivity contribution in [2.45, 2.75) is 6.04 Å². The van der Waals surface area contributed by atoms with Crippen LogP contribution in [0.15, 0.2) is 18.2 Å². The molecule has 1 aromatic rings. The number of carbonyl (C=O) groups is 1. The van der Waals surface area contributed by atoms with Gasteiger partial charge >= 0.3 is 0 Å². The first-order chi connectivity index (χ1) is 6.68. The quantitative estimate of drug-likeness (QED) is 0.674. The number of ether oxygens (including phenoxy) is 1. The maximum absolute atomic E-state index is 11.4. The monoisotopic (exact) mass is 212 g/mol. The van der Waals surface area contributed by atoms with Gasteiger partial charge in [0.05, 0.1) is 5.02 Å². The summed E-state index contributed by atoms with van der Waals surface area (Å²) in [6, 6.07) is 4.52. The summed E-state index contributed by atoms with van der Waals surface area (Å²) in [6.45, 7) is 0.166. The van der Waals surface area contributed by atoms with Crippen molar-refractivity contribution in [1.29, 1.82) is 0 Å². The number of fused-ring (bicyclic) bond motifs is 1. The number of nitrogens with one attached hydrogen (secondary N) is 1. The molecule has 1 aromatic carbocycles. The highest BCUT2D eigenvalue weighted by Crippen LogP contribution is 2.33. The molecule has 5 heteroatoms. The molecule has 2 rings (SSSR count). The van der Waals surface area contributed by atoms with Crippen LogP contribution in [-0.4, -0.2) is 18.6 Å². The van der Waals surface area contributed by atoms with Gasteiger partial charge in [0.25, 0.3) is 0 Å². The molecule has 0 saturated heterocycles. The van der Waals surface area contributed by atoms with Gasteiger partial charge in [-0.05, 0) is 12.1 Å². The molecule has 0 fully saturated rings. The largest absolute Gasteiger partial charge is 0.489 e. The van der Waals surface area contributed by atoms with Gasteiger partial charge in [0, 0.05) is 0 Å². The fourth-order valence-corrected chi connectivity index (χ4v) is 1.43. The van der Waals surface area contributed by atoms with Crippen LogP contribution in [0.1, 0.15) is 0 Å². The third kappa shape index (κ3) is 1.54. The Morgan fingerprint density at radius 3 is 3.14 bits per heavy atom. The van der Waals surface area contributed by atoms with Crippen LogP contribution in [-0.2, 0) is 4.79 Å². The fourth-order valence-electron chi connectivity index (χ4n) is 1.22. The molecule has 74 valence electrons. The van der Waals surface area contributed by atoms with Crippen LogP contribution in [0.4, 0.5) is 5.69 Å². The van der Waals surface area contributed by atoms with Crippen molar-refractivity contribution in [2.24, 2.45) is 5.73 Å². The minimum atomic E-state index is -0.654. The van der Waals surface area contributed by atoms with Gasteiger partial charge in [-0.3, -0.25) is 4.79 Å². The van der Waals surface area contributed by atoms with Crippen LogP contribution in [0.2, 0.25) is 5.02 Å². The number of benzene rings is 1. The van der Waals surface area contributed by atoms with Gasteiger partial charge in [-0.1, -0.05) is 17.7 Å². The maximum atomic E-state index is 11.4. The van der Waals surface area contributed by atoms with E-state index < -0.39 is 6.04 Å². The Hall–Kier alpha value is -1.26. The van der Waals surface area contributed by atoms with Crippen LogP contribution in [0.25, 0.3) is 0 Å². The standard InChI is InChI=1S/C9H9ClN2O2/c10-5-2-1-3-7-8(5)12-9(13)6(11)4-14-7/h1-3,6H,4,11H2,(H,12,13). The van der Waals surface area contributed by atoms with Crippen molar-refractivity contribution in [3.05, 3.63) is 23.2 Å². The van der Waals surface area contributed by atoms with E-state index in [0.717, 1.165) is 0 Å². The number of para-hydroxylation sites is 1. The molecule has 0 bridgehead atoms. The zero-order valence-electron chi connectivity index (χ0n) is 7.29. The molecule has 3 N–H and O–H groups in total. The Morgan fingerprint density at radius 2 is 2.36 bits per heavy atom. The highest BCUT2D eigenvalue weighted by atomic mass is 35.5. The topological polar surface area (TPSA) is 64.3 Å². The molecular formula is C9H9ClN2O2.